The van der Waals surface area contributed by atoms with Gasteiger partial charge in [-0.05, 0) is 31.9 Å². The van der Waals surface area contributed by atoms with Crippen LogP contribution in [0, 0.1) is 23.0 Å². The maximum Gasteiger partial charge on any atom is 0.191 e. The molecule has 2 aromatic carbocycles. The van der Waals surface area contributed by atoms with Crippen LogP contribution in [0.2, 0.25) is 0 Å². The molecule has 1 heterocycles. The Morgan fingerprint density at radius 3 is 2.44 bits per heavy atom. The van der Waals surface area contributed by atoms with Crippen molar-refractivity contribution >= 4 is 22.4 Å². The lowest BCUT2D eigenvalue weighted by atomic mass is 9.77. The molecule has 1 fully saturated rings. The number of hydrogen-bond acceptors (Lipinski definition) is 6. The van der Waals surface area contributed by atoms with E-state index >= 15 is 8.78 Å². The van der Waals surface area contributed by atoms with Crippen LogP contribution in [0.15, 0.2) is 53.0 Å². The van der Waals surface area contributed by atoms with Gasteiger partial charge in [-0.15, -0.1) is 0 Å². The number of benzene rings is 2. The molecular weight excluding hydrogens is 440 g/mol. The lowest BCUT2D eigenvalue weighted by Crippen LogP contribution is -2.44. The average molecular weight is 463 g/mol. The number of amidine groups is 1. The molecule has 1 aliphatic rings. The summed E-state index contributed by atoms with van der Waals surface area (Å²) in [7, 11) is 1.29. The zero-order valence-electron chi connectivity index (χ0n) is 18.6. The molecule has 0 aliphatic heterocycles. The monoisotopic (exact) mass is 463 g/mol. The molecular formula is C25H23F2N5O2. The lowest BCUT2D eigenvalue weighted by molar-refractivity contribution is -0.0280. The van der Waals surface area contributed by atoms with Crippen LogP contribution in [-0.4, -0.2) is 34.7 Å². The van der Waals surface area contributed by atoms with Crippen LogP contribution in [0.25, 0.3) is 27.9 Å². The number of methoxy groups -OCH3 is 1. The number of hydrogen-bond donors (Lipinski definition) is 3. The summed E-state index contributed by atoms with van der Waals surface area (Å²) in [6, 6.07) is 12.9. The average Bonchev–Trinajstić information content (AvgIpc) is 2.79. The highest BCUT2D eigenvalue weighted by Gasteiger charge is 2.38. The number of nitrogens with zero attached hydrogens (tertiary/aromatic N) is 3. The normalized spacial score (nSPS) is 20.9. The lowest BCUT2D eigenvalue weighted by Gasteiger charge is -2.38. The van der Waals surface area contributed by atoms with E-state index in [2.05, 4.69) is 9.98 Å². The molecule has 9 heteroatoms. The van der Waals surface area contributed by atoms with Gasteiger partial charge in [0.05, 0.1) is 24.4 Å². The number of nitrogens with two attached hydrogens (primary N) is 2. The number of rotatable bonds is 5. The largest absolute Gasteiger partial charge is 0.493 e. The fourth-order valence-corrected chi connectivity index (χ4v) is 4.14. The summed E-state index contributed by atoms with van der Waals surface area (Å²) in [6.45, 7) is 1.68. The van der Waals surface area contributed by atoms with E-state index in [1.54, 1.807) is 37.3 Å². The summed E-state index contributed by atoms with van der Waals surface area (Å²) in [5, 5.41) is 19.6. The predicted octanol–water partition coefficient (Wildman–Crippen LogP) is 3.65. The van der Waals surface area contributed by atoms with Crippen molar-refractivity contribution in [2.75, 3.05) is 7.11 Å². The van der Waals surface area contributed by atoms with Crippen molar-refractivity contribution in [2.24, 2.45) is 16.5 Å². The van der Waals surface area contributed by atoms with Crippen LogP contribution in [0.3, 0.4) is 0 Å². The van der Waals surface area contributed by atoms with Crippen LogP contribution in [0.5, 0.6) is 5.75 Å². The Bertz CT molecular complexity index is 1370. The van der Waals surface area contributed by atoms with Gasteiger partial charge in [-0.25, -0.2) is 13.8 Å². The number of ether oxygens (including phenoxy) is 1. The van der Waals surface area contributed by atoms with Crippen molar-refractivity contribution in [2.45, 2.75) is 31.4 Å². The second-order valence-electron chi connectivity index (χ2n) is 8.47. The minimum atomic E-state index is -0.849. The molecule has 3 aromatic rings. The second kappa shape index (κ2) is 8.72. The number of nitriles is 1. The fraction of sp³-hybridized carbons (Fsp3) is 0.240. The van der Waals surface area contributed by atoms with Gasteiger partial charge in [0.1, 0.15) is 28.7 Å². The number of pyridine rings is 1. The van der Waals surface area contributed by atoms with E-state index in [9.17, 15) is 10.4 Å². The summed E-state index contributed by atoms with van der Waals surface area (Å²) < 4.78 is 36.1. The maximum absolute atomic E-state index is 15.7. The maximum atomic E-state index is 15.7. The van der Waals surface area contributed by atoms with Gasteiger partial charge in [-0.2, -0.15) is 5.26 Å². The molecule has 0 spiro atoms. The Kier molecular flexibility index (Phi) is 5.94. The molecule has 1 aromatic heterocycles. The molecule has 1 saturated carbocycles. The van der Waals surface area contributed by atoms with Gasteiger partial charge in [0, 0.05) is 16.5 Å². The molecule has 0 amide bonds. The van der Waals surface area contributed by atoms with Crippen LogP contribution < -0.4 is 16.2 Å². The van der Waals surface area contributed by atoms with E-state index in [1.807, 2.05) is 6.07 Å². The van der Waals surface area contributed by atoms with Crippen LogP contribution >= 0.6 is 0 Å². The predicted molar refractivity (Wildman–Crippen MR) is 126 cm³/mol. The summed E-state index contributed by atoms with van der Waals surface area (Å²) in [4.78, 5) is 8.48. The van der Waals surface area contributed by atoms with Gasteiger partial charge in [0.25, 0.3) is 0 Å². The molecule has 4 rings (SSSR count). The molecule has 34 heavy (non-hydrogen) atoms. The molecule has 174 valence electrons. The van der Waals surface area contributed by atoms with Crippen LogP contribution in [0.4, 0.5) is 8.78 Å². The highest BCUT2D eigenvalue weighted by atomic mass is 19.1. The number of aromatic nitrogens is 1. The van der Waals surface area contributed by atoms with Gasteiger partial charge in [-0.1, -0.05) is 30.3 Å². The van der Waals surface area contributed by atoms with E-state index in [1.165, 1.54) is 19.2 Å². The first-order valence-corrected chi connectivity index (χ1v) is 10.5. The fourth-order valence-electron chi connectivity index (χ4n) is 4.14. The molecule has 0 unspecified atom stereocenters. The van der Waals surface area contributed by atoms with Gasteiger partial charge in [0.2, 0.25) is 0 Å². The van der Waals surface area contributed by atoms with Crippen molar-refractivity contribution in [3.8, 4) is 23.1 Å². The van der Waals surface area contributed by atoms with Crippen LogP contribution in [0.1, 0.15) is 25.3 Å². The third kappa shape index (κ3) is 4.04. The van der Waals surface area contributed by atoms with Crippen molar-refractivity contribution in [3.05, 3.63) is 65.2 Å². The van der Waals surface area contributed by atoms with E-state index in [0.717, 1.165) is 0 Å². The minimum absolute atomic E-state index is 0.0813. The number of aliphatic hydroxyl groups is 1. The van der Waals surface area contributed by atoms with Gasteiger partial charge in [-0.3, -0.25) is 4.99 Å². The smallest absolute Gasteiger partial charge is 0.191 e. The molecule has 0 radical (unpaired) electrons. The quantitative estimate of drug-likeness (QED) is 0.301. The Hall–Kier alpha value is -4.03. The van der Waals surface area contributed by atoms with E-state index < -0.39 is 17.2 Å². The van der Waals surface area contributed by atoms with Crippen molar-refractivity contribution in [1.82, 2.24) is 4.98 Å². The first-order valence-electron chi connectivity index (χ1n) is 10.5. The Morgan fingerprint density at radius 2 is 1.85 bits per heavy atom. The summed E-state index contributed by atoms with van der Waals surface area (Å²) in [6.07, 6.45) is 0.794. The third-order valence-electron chi connectivity index (χ3n) is 5.84. The summed E-state index contributed by atoms with van der Waals surface area (Å²) >= 11 is 0. The Morgan fingerprint density at radius 1 is 1.18 bits per heavy atom. The second-order valence-corrected chi connectivity index (χ2v) is 8.47. The molecule has 5 N–H and O–H groups in total. The standard InChI is InChI=1S/C25H23F2N5O2/c1-25(33)10-14(11-25)31-24(30)17(12-28)20(29)15-8-9-16-22(18(15)26)32-21(19(27)23(16)34-2)13-6-4-3-5-7-13/h3-9,14,33H,10-11,29H2,1-2H3,(H2,30,31). The number of halogens is 2. The van der Waals surface area contributed by atoms with Crippen molar-refractivity contribution < 1.29 is 18.6 Å². The number of aliphatic imine (C=N–C) groups is 1. The first kappa shape index (κ1) is 23.1. The molecule has 0 atom stereocenters. The van der Waals surface area contributed by atoms with Crippen molar-refractivity contribution in [3.63, 3.8) is 0 Å². The third-order valence-corrected chi connectivity index (χ3v) is 5.84. The summed E-state index contributed by atoms with van der Waals surface area (Å²) in [5.74, 6) is -1.87. The molecule has 1 aliphatic carbocycles. The highest BCUT2D eigenvalue weighted by molar-refractivity contribution is 6.07. The van der Waals surface area contributed by atoms with Gasteiger partial charge < -0.3 is 21.3 Å². The van der Waals surface area contributed by atoms with E-state index in [0.29, 0.717) is 18.4 Å². The van der Waals surface area contributed by atoms with Gasteiger partial charge in [0.15, 0.2) is 17.4 Å². The molecule has 7 nitrogen and oxygen atoms in total. The molecule has 0 saturated heterocycles. The van der Waals surface area contributed by atoms with Gasteiger partial charge >= 0.3 is 0 Å². The van der Waals surface area contributed by atoms with E-state index in [4.69, 9.17) is 16.2 Å². The number of fused-ring (bicyclic) bond motifs is 1. The van der Waals surface area contributed by atoms with E-state index in [-0.39, 0.29) is 51.1 Å². The zero-order chi connectivity index (χ0) is 24.6. The topological polar surface area (TPSA) is 131 Å². The van der Waals surface area contributed by atoms with Crippen molar-refractivity contribution in [1.29, 1.82) is 5.26 Å². The van der Waals surface area contributed by atoms with Crippen LogP contribution in [-0.2, 0) is 0 Å². The zero-order valence-corrected chi connectivity index (χ0v) is 18.6. The Labute approximate surface area is 195 Å². The minimum Gasteiger partial charge on any atom is -0.493 e. The SMILES string of the molecule is COc1c(F)c(-c2ccccc2)nc2c(F)c(C(N)=C(C#N)C(N)=NC3CC(C)(O)C3)ccc12. The summed E-state index contributed by atoms with van der Waals surface area (Å²) in [5.41, 5.74) is 11.0. The Balaban J connectivity index is 1.86. The first-order chi connectivity index (χ1) is 16.2. The molecule has 0 bridgehead atoms. The highest BCUT2D eigenvalue weighted by Crippen LogP contribution is 2.37.